The molecule has 32 heavy (non-hydrogen) atoms. The summed E-state index contributed by atoms with van der Waals surface area (Å²) in [6.07, 6.45) is 5.00. The lowest BCUT2D eigenvalue weighted by Gasteiger charge is -2.27. The minimum Gasteiger partial charge on any atom is -0.490 e. The van der Waals surface area contributed by atoms with Crippen LogP contribution in [0.5, 0.6) is 5.75 Å². The SMILES string of the molecule is COCc1nccn1-c1cc(C(=O)NC(C)(C)COc2cccc(N)c2C(C)=N)ccn1. The van der Waals surface area contributed by atoms with Crippen molar-refractivity contribution in [2.75, 3.05) is 19.5 Å². The number of nitrogens with two attached hydrogens (primary N) is 1. The first kappa shape index (κ1) is 23.0. The van der Waals surface area contributed by atoms with Crippen molar-refractivity contribution < 1.29 is 14.3 Å². The summed E-state index contributed by atoms with van der Waals surface area (Å²) in [6.45, 7) is 5.91. The van der Waals surface area contributed by atoms with E-state index >= 15 is 0 Å². The van der Waals surface area contributed by atoms with Crippen LogP contribution < -0.4 is 15.8 Å². The largest absolute Gasteiger partial charge is 0.490 e. The highest BCUT2D eigenvalue weighted by Gasteiger charge is 2.24. The van der Waals surface area contributed by atoms with Gasteiger partial charge in [-0.1, -0.05) is 6.07 Å². The molecule has 3 rings (SSSR count). The van der Waals surface area contributed by atoms with E-state index in [1.54, 1.807) is 67.5 Å². The fourth-order valence-corrected chi connectivity index (χ4v) is 3.21. The number of hydrogen-bond acceptors (Lipinski definition) is 7. The fraction of sp³-hybridized carbons (Fsp3) is 0.304. The van der Waals surface area contributed by atoms with Crippen molar-refractivity contribution in [3.8, 4) is 11.6 Å². The maximum atomic E-state index is 12.9. The van der Waals surface area contributed by atoms with Crippen LogP contribution in [0, 0.1) is 5.41 Å². The highest BCUT2D eigenvalue weighted by Crippen LogP contribution is 2.25. The quantitative estimate of drug-likeness (QED) is 0.349. The maximum absolute atomic E-state index is 12.9. The van der Waals surface area contributed by atoms with Crippen LogP contribution in [0.3, 0.4) is 0 Å². The molecular weight excluding hydrogens is 408 g/mol. The number of carbonyl (C=O) groups is 1. The van der Waals surface area contributed by atoms with E-state index in [2.05, 4.69) is 15.3 Å². The Hall–Kier alpha value is -3.72. The number of nitrogens with one attached hydrogen (secondary N) is 2. The van der Waals surface area contributed by atoms with Crippen LogP contribution >= 0.6 is 0 Å². The number of amides is 1. The van der Waals surface area contributed by atoms with Crippen LogP contribution in [-0.2, 0) is 11.3 Å². The summed E-state index contributed by atoms with van der Waals surface area (Å²) >= 11 is 0. The summed E-state index contributed by atoms with van der Waals surface area (Å²) in [7, 11) is 1.59. The number of carbonyl (C=O) groups excluding carboxylic acids is 1. The van der Waals surface area contributed by atoms with E-state index in [0.29, 0.717) is 46.5 Å². The first-order valence-electron chi connectivity index (χ1n) is 10.1. The molecule has 1 aromatic carbocycles. The van der Waals surface area contributed by atoms with Gasteiger partial charge in [-0.2, -0.15) is 0 Å². The molecular formula is C23H28N6O3. The number of pyridine rings is 1. The van der Waals surface area contributed by atoms with Gasteiger partial charge in [0.2, 0.25) is 0 Å². The molecule has 0 saturated carbocycles. The molecule has 0 fully saturated rings. The molecule has 0 aliphatic rings. The number of methoxy groups -OCH3 is 1. The Labute approximate surface area is 187 Å². The Morgan fingerprint density at radius 2 is 2.03 bits per heavy atom. The maximum Gasteiger partial charge on any atom is 0.252 e. The van der Waals surface area contributed by atoms with Crippen molar-refractivity contribution in [3.63, 3.8) is 0 Å². The van der Waals surface area contributed by atoms with Crippen LogP contribution in [0.2, 0.25) is 0 Å². The molecule has 2 aromatic heterocycles. The Morgan fingerprint density at radius 3 is 2.75 bits per heavy atom. The van der Waals surface area contributed by atoms with Crippen molar-refractivity contribution in [1.82, 2.24) is 19.9 Å². The van der Waals surface area contributed by atoms with Gasteiger partial charge in [0.15, 0.2) is 0 Å². The highest BCUT2D eigenvalue weighted by atomic mass is 16.5. The zero-order valence-corrected chi connectivity index (χ0v) is 18.7. The van der Waals surface area contributed by atoms with Gasteiger partial charge in [-0.3, -0.25) is 9.36 Å². The number of aromatic nitrogens is 3. The van der Waals surface area contributed by atoms with Crippen LogP contribution in [-0.4, -0.2) is 45.4 Å². The number of imidazole rings is 1. The van der Waals surface area contributed by atoms with Crippen LogP contribution in [0.15, 0.2) is 48.9 Å². The lowest BCUT2D eigenvalue weighted by Crippen LogP contribution is -2.48. The van der Waals surface area contributed by atoms with Gasteiger partial charge in [0.1, 0.15) is 30.6 Å². The second-order valence-electron chi connectivity index (χ2n) is 8.02. The van der Waals surface area contributed by atoms with Gasteiger partial charge in [-0.05, 0) is 45.0 Å². The minimum absolute atomic E-state index is 0.194. The standard InChI is InChI=1S/C23H28N6O3/c1-15(24)21-17(25)6-5-7-18(21)32-14-23(2,3)28-22(30)16-8-9-26-19(12-16)29-11-10-27-20(29)13-31-4/h5-12,24H,13-14,25H2,1-4H3,(H,28,30). The molecule has 0 aliphatic carbocycles. The number of nitrogens with zero attached hydrogens (tertiary/aromatic N) is 3. The van der Waals surface area contributed by atoms with E-state index in [0.717, 1.165) is 0 Å². The molecule has 0 bridgehead atoms. The Morgan fingerprint density at radius 1 is 1.25 bits per heavy atom. The lowest BCUT2D eigenvalue weighted by atomic mass is 10.1. The predicted molar refractivity (Wildman–Crippen MR) is 122 cm³/mol. The van der Waals surface area contributed by atoms with Gasteiger partial charge in [-0.15, -0.1) is 0 Å². The molecule has 0 spiro atoms. The molecule has 0 radical (unpaired) electrons. The van der Waals surface area contributed by atoms with Crippen molar-refractivity contribution in [3.05, 3.63) is 65.9 Å². The summed E-state index contributed by atoms with van der Waals surface area (Å²) in [5, 5.41) is 10.9. The van der Waals surface area contributed by atoms with E-state index in [9.17, 15) is 4.79 Å². The van der Waals surface area contributed by atoms with E-state index in [1.165, 1.54) is 0 Å². The number of anilines is 1. The van der Waals surface area contributed by atoms with Crippen molar-refractivity contribution >= 4 is 17.3 Å². The molecule has 9 heteroatoms. The summed E-state index contributed by atoms with van der Waals surface area (Å²) < 4.78 is 12.9. The van der Waals surface area contributed by atoms with Gasteiger partial charge in [0.25, 0.3) is 5.91 Å². The number of benzene rings is 1. The lowest BCUT2D eigenvalue weighted by molar-refractivity contribution is 0.0880. The van der Waals surface area contributed by atoms with E-state index in [1.807, 2.05) is 13.8 Å². The molecule has 168 valence electrons. The van der Waals surface area contributed by atoms with Gasteiger partial charge < -0.3 is 25.9 Å². The Balaban J connectivity index is 1.72. The van der Waals surface area contributed by atoms with Crippen molar-refractivity contribution in [1.29, 1.82) is 5.41 Å². The average Bonchev–Trinajstić information content (AvgIpc) is 3.20. The molecule has 0 unspecified atom stereocenters. The first-order valence-corrected chi connectivity index (χ1v) is 10.1. The van der Waals surface area contributed by atoms with Crippen molar-refractivity contribution in [2.24, 2.45) is 0 Å². The predicted octanol–water partition coefficient (Wildman–Crippen LogP) is 2.97. The number of rotatable bonds is 9. The first-order chi connectivity index (χ1) is 15.2. The topological polar surface area (TPSA) is 128 Å². The third-order valence-corrected chi connectivity index (χ3v) is 4.72. The second kappa shape index (κ2) is 9.61. The average molecular weight is 437 g/mol. The molecule has 9 nitrogen and oxygen atoms in total. The van der Waals surface area contributed by atoms with Crippen LogP contribution in [0.1, 0.15) is 42.5 Å². The molecule has 1 amide bonds. The molecule has 2 heterocycles. The van der Waals surface area contributed by atoms with Crippen LogP contribution in [0.4, 0.5) is 5.69 Å². The molecule has 0 aliphatic heterocycles. The summed E-state index contributed by atoms with van der Waals surface area (Å²) in [6, 6.07) is 8.61. The normalized spacial score (nSPS) is 11.2. The fourth-order valence-electron chi connectivity index (χ4n) is 3.21. The summed E-state index contributed by atoms with van der Waals surface area (Å²) in [4.78, 5) is 21.5. The third-order valence-electron chi connectivity index (χ3n) is 4.72. The zero-order chi connectivity index (χ0) is 23.3. The molecule has 0 saturated heterocycles. The zero-order valence-electron chi connectivity index (χ0n) is 18.7. The van der Waals surface area contributed by atoms with Gasteiger partial charge in [0.05, 0.1) is 11.1 Å². The summed E-state index contributed by atoms with van der Waals surface area (Å²) in [5.41, 5.74) is 7.12. The molecule has 3 aromatic rings. The summed E-state index contributed by atoms with van der Waals surface area (Å²) in [5.74, 6) is 1.51. The van der Waals surface area contributed by atoms with Crippen molar-refractivity contribution in [2.45, 2.75) is 32.9 Å². The monoisotopic (exact) mass is 436 g/mol. The molecule has 0 atom stereocenters. The van der Waals surface area contributed by atoms with Gasteiger partial charge in [-0.25, -0.2) is 9.97 Å². The van der Waals surface area contributed by atoms with E-state index in [-0.39, 0.29) is 12.5 Å². The smallest absolute Gasteiger partial charge is 0.252 e. The molecule has 4 N–H and O–H groups in total. The van der Waals surface area contributed by atoms with E-state index in [4.69, 9.17) is 20.6 Å². The van der Waals surface area contributed by atoms with Gasteiger partial charge >= 0.3 is 0 Å². The van der Waals surface area contributed by atoms with Gasteiger partial charge in [0, 0.05) is 42.7 Å². The highest BCUT2D eigenvalue weighted by molar-refractivity contribution is 6.03. The number of ether oxygens (including phenoxy) is 2. The van der Waals surface area contributed by atoms with Crippen LogP contribution in [0.25, 0.3) is 5.82 Å². The number of hydrogen-bond donors (Lipinski definition) is 3. The van der Waals surface area contributed by atoms with E-state index < -0.39 is 5.54 Å². The Bertz CT molecular complexity index is 1120. The second-order valence-corrected chi connectivity index (χ2v) is 8.02. The third kappa shape index (κ3) is 5.30. The Kier molecular flexibility index (Phi) is 6.89. The number of nitrogen functional groups attached to an aromatic ring is 1. The minimum atomic E-state index is -0.686.